The molecule has 2 aromatic carbocycles. The van der Waals surface area contributed by atoms with E-state index in [9.17, 15) is 4.79 Å². The van der Waals surface area contributed by atoms with Crippen molar-refractivity contribution in [1.82, 2.24) is 24.6 Å². The van der Waals surface area contributed by atoms with Crippen LogP contribution in [0.25, 0.3) is 16.7 Å². The Morgan fingerprint density at radius 1 is 1.11 bits per heavy atom. The van der Waals surface area contributed by atoms with Crippen molar-refractivity contribution in [1.29, 1.82) is 0 Å². The summed E-state index contributed by atoms with van der Waals surface area (Å²) in [5.74, 6) is 1.64. The van der Waals surface area contributed by atoms with Gasteiger partial charge in [-0.25, -0.2) is 9.67 Å². The van der Waals surface area contributed by atoms with Crippen LogP contribution in [0, 0.1) is 0 Å². The molecule has 0 aliphatic rings. The summed E-state index contributed by atoms with van der Waals surface area (Å²) in [4.78, 5) is 17.2. The van der Waals surface area contributed by atoms with E-state index in [0.717, 1.165) is 33.9 Å². The molecule has 0 spiro atoms. The number of para-hydroxylation sites is 3. The highest BCUT2D eigenvalue weighted by atomic mass is 32.2. The molecule has 2 heterocycles. The minimum atomic E-state index is -0.0435. The molecule has 1 amide bonds. The third kappa shape index (κ3) is 3.94. The predicted octanol–water partition coefficient (Wildman–Crippen LogP) is 3.40. The Kier molecular flexibility index (Phi) is 5.43. The van der Waals surface area contributed by atoms with E-state index in [1.165, 1.54) is 0 Å². The van der Waals surface area contributed by atoms with Gasteiger partial charge in [-0.3, -0.25) is 4.79 Å². The molecular weight excluding hydrogens is 370 g/mol. The number of rotatable bonds is 7. The molecular formula is C21H21N5OS. The van der Waals surface area contributed by atoms with Crippen LogP contribution in [0.2, 0.25) is 0 Å². The van der Waals surface area contributed by atoms with Gasteiger partial charge in [0.25, 0.3) is 0 Å². The topological polar surface area (TPSA) is 64.7 Å². The highest BCUT2D eigenvalue weighted by molar-refractivity contribution is 7.97. The summed E-state index contributed by atoms with van der Waals surface area (Å²) in [7, 11) is 0. The number of carbonyl (C=O) groups is 1. The zero-order chi connectivity index (χ0) is 19.3. The van der Waals surface area contributed by atoms with Crippen LogP contribution in [0.3, 0.4) is 0 Å². The van der Waals surface area contributed by atoms with Crippen molar-refractivity contribution in [2.45, 2.75) is 18.8 Å². The standard InChI is InChI=1S/C21H21N5OS/c1-28-15-20-24-18-9-5-6-10-19(18)25(20)14-21(27)22-11-16-12-23-26(13-16)17-7-3-2-4-8-17/h2-10,12-13H,11,14-15H2,1H3,(H,22,27). The average Bonchev–Trinajstić information content (AvgIpc) is 3.33. The maximum atomic E-state index is 12.6. The fourth-order valence-corrected chi connectivity index (χ4v) is 3.59. The van der Waals surface area contributed by atoms with Crippen molar-refractivity contribution in [3.63, 3.8) is 0 Å². The molecule has 0 unspecified atom stereocenters. The molecule has 4 aromatic rings. The van der Waals surface area contributed by atoms with Crippen LogP contribution in [0.1, 0.15) is 11.4 Å². The monoisotopic (exact) mass is 391 g/mol. The molecule has 0 atom stereocenters. The van der Waals surface area contributed by atoms with Crippen LogP contribution < -0.4 is 5.32 Å². The highest BCUT2D eigenvalue weighted by Gasteiger charge is 2.13. The molecule has 0 bridgehead atoms. The summed E-state index contributed by atoms with van der Waals surface area (Å²) >= 11 is 1.70. The first kappa shape index (κ1) is 18.3. The number of nitrogens with zero attached hydrogens (tertiary/aromatic N) is 4. The number of aromatic nitrogens is 4. The highest BCUT2D eigenvalue weighted by Crippen LogP contribution is 2.18. The smallest absolute Gasteiger partial charge is 0.240 e. The van der Waals surface area contributed by atoms with Crippen molar-refractivity contribution in [2.75, 3.05) is 6.26 Å². The first-order valence-electron chi connectivity index (χ1n) is 9.03. The van der Waals surface area contributed by atoms with Crippen molar-refractivity contribution in [3.8, 4) is 5.69 Å². The van der Waals surface area contributed by atoms with E-state index in [4.69, 9.17) is 0 Å². The summed E-state index contributed by atoms with van der Waals surface area (Å²) in [6.07, 6.45) is 5.74. The Morgan fingerprint density at radius 3 is 2.71 bits per heavy atom. The number of nitrogens with one attached hydrogen (secondary N) is 1. The van der Waals surface area contributed by atoms with E-state index < -0.39 is 0 Å². The molecule has 0 radical (unpaired) electrons. The second kappa shape index (κ2) is 8.31. The van der Waals surface area contributed by atoms with Crippen LogP contribution >= 0.6 is 11.8 Å². The third-order valence-corrected chi connectivity index (χ3v) is 5.00. The SMILES string of the molecule is CSCc1nc2ccccc2n1CC(=O)NCc1cnn(-c2ccccc2)c1. The normalized spacial score (nSPS) is 11.0. The molecule has 0 aliphatic carbocycles. The molecule has 28 heavy (non-hydrogen) atoms. The van der Waals surface area contributed by atoms with Gasteiger partial charge in [-0.15, -0.1) is 0 Å². The van der Waals surface area contributed by atoms with Gasteiger partial charge in [-0.05, 0) is 30.5 Å². The average molecular weight is 392 g/mol. The van der Waals surface area contributed by atoms with E-state index in [2.05, 4.69) is 15.4 Å². The van der Waals surface area contributed by atoms with Gasteiger partial charge >= 0.3 is 0 Å². The fraction of sp³-hybridized carbons (Fsp3) is 0.190. The summed E-state index contributed by atoms with van der Waals surface area (Å²) in [5, 5.41) is 7.36. The van der Waals surface area contributed by atoms with E-state index in [0.29, 0.717) is 6.54 Å². The Bertz CT molecular complexity index is 1090. The molecule has 0 aliphatic heterocycles. The second-order valence-electron chi connectivity index (χ2n) is 6.44. The predicted molar refractivity (Wildman–Crippen MR) is 112 cm³/mol. The van der Waals surface area contributed by atoms with Gasteiger partial charge < -0.3 is 9.88 Å². The van der Waals surface area contributed by atoms with Gasteiger partial charge in [0.15, 0.2) is 0 Å². The first-order valence-corrected chi connectivity index (χ1v) is 10.4. The summed E-state index contributed by atoms with van der Waals surface area (Å²) < 4.78 is 3.80. The lowest BCUT2D eigenvalue weighted by Crippen LogP contribution is -2.27. The molecule has 2 aromatic heterocycles. The van der Waals surface area contributed by atoms with Crippen molar-refractivity contribution < 1.29 is 4.79 Å². The van der Waals surface area contributed by atoms with Crippen molar-refractivity contribution in [2.24, 2.45) is 0 Å². The van der Waals surface area contributed by atoms with Crippen molar-refractivity contribution >= 4 is 28.7 Å². The number of amides is 1. The van der Waals surface area contributed by atoms with Gasteiger partial charge in [-0.2, -0.15) is 16.9 Å². The molecule has 7 heteroatoms. The van der Waals surface area contributed by atoms with E-state index in [1.807, 2.05) is 71.6 Å². The molecule has 0 fully saturated rings. The van der Waals surface area contributed by atoms with Crippen LogP contribution in [-0.2, 0) is 23.6 Å². The minimum Gasteiger partial charge on any atom is -0.350 e. The zero-order valence-corrected chi connectivity index (χ0v) is 16.4. The number of hydrogen-bond donors (Lipinski definition) is 1. The maximum absolute atomic E-state index is 12.6. The molecule has 6 nitrogen and oxygen atoms in total. The lowest BCUT2D eigenvalue weighted by Gasteiger charge is -2.09. The molecule has 142 valence electrons. The number of fused-ring (bicyclic) bond motifs is 1. The summed E-state index contributed by atoms with van der Waals surface area (Å²) in [6, 6.07) is 17.8. The summed E-state index contributed by atoms with van der Waals surface area (Å²) in [6.45, 7) is 0.694. The maximum Gasteiger partial charge on any atom is 0.240 e. The first-order chi connectivity index (χ1) is 13.7. The number of hydrogen-bond acceptors (Lipinski definition) is 4. The Morgan fingerprint density at radius 2 is 1.89 bits per heavy atom. The number of carbonyl (C=O) groups excluding carboxylic acids is 1. The second-order valence-corrected chi connectivity index (χ2v) is 7.31. The third-order valence-electron chi connectivity index (χ3n) is 4.46. The van der Waals surface area contributed by atoms with Crippen LogP contribution in [0.4, 0.5) is 0 Å². The molecule has 1 N–H and O–H groups in total. The lowest BCUT2D eigenvalue weighted by atomic mass is 10.3. The van der Waals surface area contributed by atoms with Crippen LogP contribution in [0.5, 0.6) is 0 Å². The van der Waals surface area contributed by atoms with Gasteiger partial charge in [-0.1, -0.05) is 30.3 Å². The Hall–Kier alpha value is -3.06. The van der Waals surface area contributed by atoms with Crippen LogP contribution in [0.15, 0.2) is 67.0 Å². The van der Waals surface area contributed by atoms with Gasteiger partial charge in [0.2, 0.25) is 5.91 Å². The van der Waals surface area contributed by atoms with E-state index >= 15 is 0 Å². The largest absolute Gasteiger partial charge is 0.350 e. The molecule has 0 saturated heterocycles. The van der Waals surface area contributed by atoms with Crippen LogP contribution in [-0.4, -0.2) is 31.5 Å². The quantitative estimate of drug-likeness (QED) is 0.524. The number of benzene rings is 2. The van der Waals surface area contributed by atoms with Crippen molar-refractivity contribution in [3.05, 3.63) is 78.4 Å². The van der Waals surface area contributed by atoms with Gasteiger partial charge in [0.05, 0.1) is 28.7 Å². The fourth-order valence-electron chi connectivity index (χ4n) is 3.11. The minimum absolute atomic E-state index is 0.0435. The van der Waals surface area contributed by atoms with E-state index in [-0.39, 0.29) is 12.5 Å². The summed E-state index contributed by atoms with van der Waals surface area (Å²) in [5.41, 5.74) is 3.85. The number of thioether (sulfide) groups is 1. The molecule has 4 rings (SSSR count). The van der Waals surface area contributed by atoms with Gasteiger partial charge in [0.1, 0.15) is 12.4 Å². The van der Waals surface area contributed by atoms with E-state index in [1.54, 1.807) is 22.6 Å². The molecule has 0 saturated carbocycles. The lowest BCUT2D eigenvalue weighted by molar-refractivity contribution is -0.121. The Balaban J connectivity index is 1.43. The zero-order valence-electron chi connectivity index (χ0n) is 15.6. The number of imidazole rings is 1. The van der Waals surface area contributed by atoms with Gasteiger partial charge in [0, 0.05) is 18.3 Å². The Labute approximate surface area is 167 Å².